The van der Waals surface area contributed by atoms with E-state index < -0.39 is 18.1 Å². The van der Waals surface area contributed by atoms with E-state index in [-0.39, 0.29) is 17.6 Å². The maximum atomic E-state index is 13.1. The predicted octanol–water partition coefficient (Wildman–Crippen LogP) is 2.66. The average Bonchev–Trinajstić information content (AvgIpc) is 3.21. The van der Waals surface area contributed by atoms with Gasteiger partial charge in [-0.15, -0.1) is 0 Å². The fraction of sp³-hybridized carbons (Fsp3) is 0.333. The number of hydrogen-bond donors (Lipinski definition) is 1. The van der Waals surface area contributed by atoms with Gasteiger partial charge in [0.05, 0.1) is 18.8 Å². The van der Waals surface area contributed by atoms with Gasteiger partial charge in [-0.3, -0.25) is 19.3 Å². The minimum atomic E-state index is -0.857. The maximum absolute atomic E-state index is 13.1. The molecule has 0 aliphatic carbocycles. The largest absolute Gasteiger partial charge is 0.504 e. The zero-order valence-electron chi connectivity index (χ0n) is 15.7. The number of amides is 2. The Labute approximate surface area is 163 Å². The van der Waals surface area contributed by atoms with Gasteiger partial charge < -0.3 is 9.84 Å². The van der Waals surface area contributed by atoms with Gasteiger partial charge in [0.2, 0.25) is 5.91 Å². The Hall–Kier alpha value is -3.06. The second-order valence-corrected chi connectivity index (χ2v) is 6.92. The molecule has 2 amide bonds. The molecule has 28 heavy (non-hydrogen) atoms. The van der Waals surface area contributed by atoms with Crippen molar-refractivity contribution in [3.63, 3.8) is 0 Å². The summed E-state index contributed by atoms with van der Waals surface area (Å²) in [6.45, 7) is 2.30. The number of rotatable bonds is 5. The van der Waals surface area contributed by atoms with Gasteiger partial charge in [0.1, 0.15) is 5.92 Å². The number of carbonyl (C=O) groups is 2. The molecule has 0 unspecified atom stereocenters. The quantitative estimate of drug-likeness (QED) is 0.801. The summed E-state index contributed by atoms with van der Waals surface area (Å²) < 4.78 is 5.23. The van der Waals surface area contributed by atoms with Crippen molar-refractivity contribution in [2.45, 2.75) is 25.5 Å². The first-order chi connectivity index (χ1) is 13.6. The summed E-state index contributed by atoms with van der Waals surface area (Å²) in [6, 6.07) is 13.8. The number of methoxy groups -OCH3 is 1. The molecular formula is C21H22N2O5. The molecule has 4 rings (SSSR count). The van der Waals surface area contributed by atoms with Crippen LogP contribution in [-0.4, -0.2) is 41.6 Å². The van der Waals surface area contributed by atoms with Gasteiger partial charge in [0, 0.05) is 6.54 Å². The van der Waals surface area contributed by atoms with Crippen molar-refractivity contribution >= 4 is 17.5 Å². The normalized spacial score (nSPS) is 24.0. The minimum Gasteiger partial charge on any atom is -0.504 e. The van der Waals surface area contributed by atoms with Crippen molar-refractivity contribution in [3.8, 4) is 11.5 Å². The van der Waals surface area contributed by atoms with Crippen molar-refractivity contribution in [2.24, 2.45) is 5.92 Å². The molecule has 2 heterocycles. The topological polar surface area (TPSA) is 79.3 Å². The van der Waals surface area contributed by atoms with Gasteiger partial charge in [-0.25, -0.2) is 5.06 Å². The van der Waals surface area contributed by atoms with Crippen LogP contribution in [0, 0.1) is 5.92 Å². The van der Waals surface area contributed by atoms with E-state index in [1.54, 1.807) is 17.2 Å². The summed E-state index contributed by atoms with van der Waals surface area (Å²) in [5, 5.41) is 11.6. The zero-order valence-corrected chi connectivity index (χ0v) is 15.7. The fourth-order valence-electron chi connectivity index (χ4n) is 3.93. The number of phenolic OH excluding ortho intramolecular Hbond substituents is 1. The molecule has 3 atom stereocenters. The third-order valence-electron chi connectivity index (χ3n) is 5.21. The molecule has 0 spiro atoms. The van der Waals surface area contributed by atoms with Crippen LogP contribution in [0.15, 0.2) is 48.5 Å². The summed E-state index contributed by atoms with van der Waals surface area (Å²) in [5.74, 6) is -0.877. The zero-order chi connectivity index (χ0) is 19.8. The standard InChI is InChI=1S/C21H22N2O5/c1-3-11-22-20(25)17-18(13-9-10-15(24)16(12-13)27-2)23(28-19(17)21(22)26)14-7-5-4-6-8-14/h4-10,12,17-19,24H,3,11H2,1-2H3/t17-,18-,19+/m0/s1. The molecule has 2 aliphatic rings. The highest BCUT2D eigenvalue weighted by Crippen LogP contribution is 2.47. The Bertz CT molecular complexity index is 901. The van der Waals surface area contributed by atoms with Crippen LogP contribution in [0.25, 0.3) is 0 Å². The lowest BCUT2D eigenvalue weighted by molar-refractivity contribution is -0.143. The highest BCUT2D eigenvalue weighted by molar-refractivity contribution is 6.07. The van der Waals surface area contributed by atoms with Gasteiger partial charge >= 0.3 is 0 Å². The number of carbonyl (C=O) groups excluding carboxylic acids is 2. The van der Waals surface area contributed by atoms with Crippen molar-refractivity contribution in [3.05, 3.63) is 54.1 Å². The third-order valence-corrected chi connectivity index (χ3v) is 5.21. The number of nitrogens with zero attached hydrogens (tertiary/aromatic N) is 2. The monoisotopic (exact) mass is 382 g/mol. The first kappa shape index (κ1) is 18.3. The number of anilines is 1. The van der Waals surface area contributed by atoms with Crippen molar-refractivity contribution in [2.75, 3.05) is 18.7 Å². The van der Waals surface area contributed by atoms with Crippen LogP contribution in [0.3, 0.4) is 0 Å². The lowest BCUT2D eigenvalue weighted by Gasteiger charge is -2.29. The number of benzene rings is 2. The summed E-state index contributed by atoms with van der Waals surface area (Å²) in [4.78, 5) is 33.2. The van der Waals surface area contributed by atoms with E-state index in [2.05, 4.69) is 0 Å². The molecule has 0 aromatic heterocycles. The number of imide groups is 1. The summed E-state index contributed by atoms with van der Waals surface area (Å²) in [5.41, 5.74) is 1.47. The average molecular weight is 382 g/mol. The van der Waals surface area contributed by atoms with Gasteiger partial charge in [0.15, 0.2) is 17.6 Å². The first-order valence-electron chi connectivity index (χ1n) is 9.30. The molecule has 2 aliphatic heterocycles. The number of ether oxygens (including phenoxy) is 1. The Balaban J connectivity index is 1.80. The highest BCUT2D eigenvalue weighted by Gasteiger charge is 2.59. The van der Waals surface area contributed by atoms with Crippen LogP contribution in [0.5, 0.6) is 11.5 Å². The summed E-state index contributed by atoms with van der Waals surface area (Å²) in [6.07, 6.45) is -0.166. The molecule has 2 aromatic rings. The molecule has 2 saturated heterocycles. The minimum absolute atomic E-state index is 0.00871. The number of aromatic hydroxyl groups is 1. The van der Waals surface area contributed by atoms with Crippen LogP contribution >= 0.6 is 0 Å². The second-order valence-electron chi connectivity index (χ2n) is 6.92. The van der Waals surface area contributed by atoms with E-state index in [9.17, 15) is 14.7 Å². The van der Waals surface area contributed by atoms with Crippen LogP contribution < -0.4 is 9.80 Å². The number of phenols is 1. The van der Waals surface area contributed by atoms with E-state index in [0.29, 0.717) is 18.7 Å². The molecule has 7 heteroatoms. The second kappa shape index (κ2) is 7.16. The fourth-order valence-corrected chi connectivity index (χ4v) is 3.93. The molecule has 0 radical (unpaired) electrons. The maximum Gasteiger partial charge on any atom is 0.261 e. The number of fused-ring (bicyclic) bond motifs is 1. The molecular weight excluding hydrogens is 360 g/mol. The van der Waals surface area contributed by atoms with Crippen molar-refractivity contribution in [1.29, 1.82) is 0 Å². The summed E-state index contributed by atoms with van der Waals surface area (Å²) in [7, 11) is 1.47. The molecule has 0 saturated carbocycles. The number of hydroxylamine groups is 1. The van der Waals surface area contributed by atoms with Crippen molar-refractivity contribution < 1.29 is 24.3 Å². The van der Waals surface area contributed by atoms with Crippen LogP contribution in [0.2, 0.25) is 0 Å². The van der Waals surface area contributed by atoms with Crippen LogP contribution in [-0.2, 0) is 14.4 Å². The van der Waals surface area contributed by atoms with E-state index >= 15 is 0 Å². The summed E-state index contributed by atoms with van der Waals surface area (Å²) >= 11 is 0. The Morgan fingerprint density at radius 3 is 2.54 bits per heavy atom. The molecule has 1 N–H and O–H groups in total. The Morgan fingerprint density at radius 1 is 1.11 bits per heavy atom. The van der Waals surface area contributed by atoms with E-state index in [1.807, 2.05) is 37.3 Å². The number of hydrogen-bond acceptors (Lipinski definition) is 6. The number of para-hydroxylation sites is 1. The lowest BCUT2D eigenvalue weighted by Crippen LogP contribution is -2.37. The van der Waals surface area contributed by atoms with Gasteiger partial charge in [-0.05, 0) is 36.2 Å². The molecule has 0 bridgehead atoms. The first-order valence-corrected chi connectivity index (χ1v) is 9.30. The highest BCUT2D eigenvalue weighted by atomic mass is 16.7. The number of likely N-dealkylation sites (tertiary alicyclic amines) is 1. The SMILES string of the molecule is CCCN1C(=O)[C@@H]2[C@@H](ON(c3ccccc3)[C@H]2c2ccc(O)c(OC)c2)C1=O. The Morgan fingerprint density at radius 2 is 1.86 bits per heavy atom. The van der Waals surface area contributed by atoms with Gasteiger partial charge in [-0.1, -0.05) is 31.2 Å². The van der Waals surface area contributed by atoms with Gasteiger partial charge in [-0.2, -0.15) is 0 Å². The Kier molecular flexibility index (Phi) is 4.68. The molecule has 146 valence electrons. The van der Waals surface area contributed by atoms with Crippen LogP contribution in [0.1, 0.15) is 24.9 Å². The van der Waals surface area contributed by atoms with E-state index in [1.165, 1.54) is 18.1 Å². The van der Waals surface area contributed by atoms with Crippen molar-refractivity contribution in [1.82, 2.24) is 4.90 Å². The smallest absolute Gasteiger partial charge is 0.261 e. The van der Waals surface area contributed by atoms with E-state index in [0.717, 1.165) is 11.3 Å². The third kappa shape index (κ3) is 2.79. The van der Waals surface area contributed by atoms with E-state index in [4.69, 9.17) is 9.57 Å². The predicted molar refractivity (Wildman–Crippen MR) is 102 cm³/mol. The van der Waals surface area contributed by atoms with Crippen LogP contribution in [0.4, 0.5) is 5.69 Å². The van der Waals surface area contributed by atoms with Gasteiger partial charge in [0.25, 0.3) is 5.91 Å². The molecule has 2 aromatic carbocycles. The lowest BCUT2D eigenvalue weighted by atomic mass is 9.90. The molecule has 2 fully saturated rings. The molecule has 7 nitrogen and oxygen atoms in total.